The summed E-state index contributed by atoms with van der Waals surface area (Å²) in [6, 6.07) is 9.41. The van der Waals surface area contributed by atoms with E-state index in [0.717, 1.165) is 16.9 Å². The molecule has 0 aliphatic rings. The number of hydrogen-bond acceptors (Lipinski definition) is 7. The van der Waals surface area contributed by atoms with E-state index in [4.69, 9.17) is 0 Å². The van der Waals surface area contributed by atoms with Crippen molar-refractivity contribution < 1.29 is 5.11 Å². The Morgan fingerprint density at radius 1 is 1.04 bits per heavy atom. The largest absolute Gasteiger partial charge is 0.385 e. The van der Waals surface area contributed by atoms with Gasteiger partial charge in [-0.15, -0.1) is 5.10 Å². The second-order valence-electron chi connectivity index (χ2n) is 6.38. The Bertz CT molecular complexity index is 1080. The highest BCUT2D eigenvalue weighted by atomic mass is 16.3. The molecule has 0 aliphatic carbocycles. The van der Waals surface area contributed by atoms with Crippen LogP contribution in [-0.4, -0.2) is 48.9 Å². The summed E-state index contributed by atoms with van der Waals surface area (Å²) in [7, 11) is 3.92. The number of pyridine rings is 3. The van der Waals surface area contributed by atoms with Crippen LogP contribution in [0.15, 0.2) is 48.9 Å². The predicted octanol–water partition coefficient (Wildman–Crippen LogP) is 2.39. The fraction of sp³-hybridized carbons (Fsp3) is 0.211. The molecule has 0 fully saturated rings. The third-order valence-electron chi connectivity index (χ3n) is 4.19. The molecule has 0 bridgehead atoms. The molecule has 136 valence electrons. The summed E-state index contributed by atoms with van der Waals surface area (Å²) in [6.07, 6.45) is 4.39. The molecule has 0 saturated carbocycles. The normalized spacial score (nSPS) is 12.3. The van der Waals surface area contributed by atoms with Gasteiger partial charge in [-0.1, -0.05) is 0 Å². The lowest BCUT2D eigenvalue weighted by Gasteiger charge is -2.12. The molecule has 1 N–H and O–H groups in total. The zero-order valence-electron chi connectivity index (χ0n) is 15.3. The number of rotatable bonds is 4. The number of anilines is 1. The maximum Gasteiger partial charge on any atom is 0.182 e. The summed E-state index contributed by atoms with van der Waals surface area (Å²) in [6.45, 7) is 1.63. The van der Waals surface area contributed by atoms with E-state index in [-0.39, 0.29) is 0 Å². The average molecular weight is 361 g/mol. The number of hydrogen-bond donors (Lipinski definition) is 1. The molecule has 0 spiro atoms. The molecule has 0 aromatic carbocycles. The highest BCUT2D eigenvalue weighted by molar-refractivity contribution is 5.83. The van der Waals surface area contributed by atoms with Crippen LogP contribution in [0.2, 0.25) is 0 Å². The molecule has 0 saturated heterocycles. The van der Waals surface area contributed by atoms with Crippen molar-refractivity contribution in [2.75, 3.05) is 19.0 Å². The first-order valence-electron chi connectivity index (χ1n) is 8.53. The second-order valence-corrected chi connectivity index (χ2v) is 6.38. The van der Waals surface area contributed by atoms with Crippen molar-refractivity contribution in [2.45, 2.75) is 13.0 Å². The molecular weight excluding hydrogens is 342 g/mol. The first kappa shape index (κ1) is 17.0. The van der Waals surface area contributed by atoms with Gasteiger partial charge < -0.3 is 10.0 Å². The smallest absolute Gasteiger partial charge is 0.182 e. The molecule has 4 aromatic heterocycles. The van der Waals surface area contributed by atoms with Crippen LogP contribution in [0.5, 0.6) is 0 Å². The predicted molar refractivity (Wildman–Crippen MR) is 103 cm³/mol. The number of fused-ring (bicyclic) bond motifs is 1. The number of aliphatic hydroxyl groups excluding tert-OH is 1. The number of aliphatic hydroxyl groups is 1. The minimum absolute atomic E-state index is 0.323. The molecule has 1 unspecified atom stereocenters. The van der Waals surface area contributed by atoms with Crippen molar-refractivity contribution in [3.8, 4) is 17.2 Å². The molecule has 0 radical (unpaired) electrons. The Morgan fingerprint density at radius 3 is 2.59 bits per heavy atom. The van der Waals surface area contributed by atoms with E-state index in [1.54, 1.807) is 30.2 Å². The van der Waals surface area contributed by atoms with Gasteiger partial charge in [-0.05, 0) is 37.3 Å². The molecule has 1 atom stereocenters. The lowest BCUT2D eigenvalue weighted by atomic mass is 10.2. The van der Waals surface area contributed by atoms with Gasteiger partial charge in [0.05, 0.1) is 23.1 Å². The summed E-state index contributed by atoms with van der Waals surface area (Å²) in [5.74, 6) is 0.860. The molecule has 27 heavy (non-hydrogen) atoms. The molecule has 4 heterocycles. The maximum absolute atomic E-state index is 9.99. The molecule has 0 aliphatic heterocycles. The molecule has 4 aromatic rings. The Balaban J connectivity index is 1.92. The van der Waals surface area contributed by atoms with E-state index < -0.39 is 6.10 Å². The van der Waals surface area contributed by atoms with Crippen LogP contribution < -0.4 is 4.90 Å². The van der Waals surface area contributed by atoms with Gasteiger partial charge in [-0.3, -0.25) is 15.0 Å². The summed E-state index contributed by atoms with van der Waals surface area (Å²) in [5, 5.41) is 14.5. The fourth-order valence-electron chi connectivity index (χ4n) is 2.76. The first-order valence-corrected chi connectivity index (χ1v) is 8.53. The Hall–Kier alpha value is -3.39. The van der Waals surface area contributed by atoms with Crippen molar-refractivity contribution in [1.82, 2.24) is 29.7 Å². The number of aromatic nitrogens is 6. The zero-order chi connectivity index (χ0) is 19.0. The Morgan fingerprint density at radius 2 is 1.89 bits per heavy atom. The van der Waals surface area contributed by atoms with Gasteiger partial charge in [0, 0.05) is 26.5 Å². The molecule has 8 nitrogen and oxygen atoms in total. The summed E-state index contributed by atoms with van der Waals surface area (Å²) >= 11 is 0. The Labute approximate surface area is 156 Å². The van der Waals surface area contributed by atoms with Crippen molar-refractivity contribution in [2.24, 2.45) is 0 Å². The van der Waals surface area contributed by atoms with E-state index in [1.165, 1.54) is 0 Å². The standard InChI is InChI=1S/C19H19N7O/c1-12(27)18-23-19(15-7-6-13(11-22-15)25(2)3)26(24-18)16-8-10-20-14-5-4-9-21-17(14)16/h4-12,27H,1-3H3. The minimum Gasteiger partial charge on any atom is -0.385 e. The van der Waals surface area contributed by atoms with E-state index in [0.29, 0.717) is 22.9 Å². The summed E-state index contributed by atoms with van der Waals surface area (Å²) in [5.41, 5.74) is 3.82. The highest BCUT2D eigenvalue weighted by Crippen LogP contribution is 2.26. The van der Waals surface area contributed by atoms with Crippen molar-refractivity contribution in [1.29, 1.82) is 0 Å². The van der Waals surface area contributed by atoms with Gasteiger partial charge in [0.25, 0.3) is 0 Å². The van der Waals surface area contributed by atoms with Gasteiger partial charge >= 0.3 is 0 Å². The fourth-order valence-corrected chi connectivity index (χ4v) is 2.76. The quantitative estimate of drug-likeness (QED) is 0.596. The van der Waals surface area contributed by atoms with Crippen molar-refractivity contribution in [3.05, 3.63) is 54.7 Å². The van der Waals surface area contributed by atoms with Crippen LogP contribution in [0.25, 0.3) is 28.2 Å². The lowest BCUT2D eigenvalue weighted by Crippen LogP contribution is -2.09. The highest BCUT2D eigenvalue weighted by Gasteiger charge is 2.19. The molecule has 0 amide bonds. The van der Waals surface area contributed by atoms with Gasteiger partial charge in [0.2, 0.25) is 0 Å². The topological polar surface area (TPSA) is 92.9 Å². The Kier molecular flexibility index (Phi) is 4.25. The van der Waals surface area contributed by atoms with E-state index >= 15 is 0 Å². The number of nitrogens with zero attached hydrogens (tertiary/aromatic N) is 7. The van der Waals surface area contributed by atoms with E-state index in [1.807, 2.05) is 49.3 Å². The van der Waals surface area contributed by atoms with Crippen LogP contribution in [0.1, 0.15) is 18.9 Å². The third-order valence-corrected chi connectivity index (χ3v) is 4.19. The van der Waals surface area contributed by atoms with Gasteiger partial charge in [0.15, 0.2) is 11.6 Å². The van der Waals surface area contributed by atoms with Crippen LogP contribution >= 0.6 is 0 Å². The maximum atomic E-state index is 9.99. The van der Waals surface area contributed by atoms with Crippen LogP contribution in [0, 0.1) is 0 Å². The minimum atomic E-state index is -0.799. The summed E-state index contributed by atoms with van der Waals surface area (Å²) in [4.78, 5) is 19.8. The van der Waals surface area contributed by atoms with E-state index in [9.17, 15) is 5.11 Å². The zero-order valence-corrected chi connectivity index (χ0v) is 15.3. The molecule has 4 rings (SSSR count). The monoisotopic (exact) mass is 361 g/mol. The lowest BCUT2D eigenvalue weighted by molar-refractivity contribution is 0.189. The average Bonchev–Trinajstić information content (AvgIpc) is 3.13. The van der Waals surface area contributed by atoms with Crippen LogP contribution in [0.3, 0.4) is 0 Å². The third kappa shape index (κ3) is 3.11. The van der Waals surface area contributed by atoms with Crippen molar-refractivity contribution >= 4 is 16.7 Å². The first-order chi connectivity index (χ1) is 13.0. The van der Waals surface area contributed by atoms with Gasteiger partial charge in [-0.25, -0.2) is 9.67 Å². The second kappa shape index (κ2) is 6.73. The van der Waals surface area contributed by atoms with Gasteiger partial charge in [0.1, 0.15) is 17.3 Å². The SMILES string of the molecule is CC(O)c1nc(-c2ccc(N(C)C)cn2)n(-c2ccnc3cccnc23)n1. The summed E-state index contributed by atoms with van der Waals surface area (Å²) < 4.78 is 1.66. The molecule has 8 heteroatoms. The molecular formula is C19H19N7O. The van der Waals surface area contributed by atoms with Crippen LogP contribution in [0.4, 0.5) is 5.69 Å². The van der Waals surface area contributed by atoms with Gasteiger partial charge in [-0.2, -0.15) is 0 Å². The van der Waals surface area contributed by atoms with Crippen LogP contribution in [-0.2, 0) is 0 Å². The van der Waals surface area contributed by atoms with E-state index in [2.05, 4.69) is 25.0 Å². The van der Waals surface area contributed by atoms with Crippen molar-refractivity contribution in [3.63, 3.8) is 0 Å².